The Hall–Kier alpha value is -1.35. The fourth-order valence-corrected chi connectivity index (χ4v) is 3.25. The van der Waals surface area contributed by atoms with Crippen LogP contribution in [0.1, 0.15) is 28.6 Å². The SMILES string of the molecule is CCCc1c(C(=O)N(C)C)sc2ccccc12. The molecule has 0 aliphatic heterocycles. The van der Waals surface area contributed by atoms with Crippen LogP contribution in [0.25, 0.3) is 10.1 Å². The molecule has 1 amide bonds. The quantitative estimate of drug-likeness (QED) is 0.812. The van der Waals surface area contributed by atoms with Crippen LogP contribution in [0.2, 0.25) is 0 Å². The van der Waals surface area contributed by atoms with Gasteiger partial charge in [-0.2, -0.15) is 0 Å². The lowest BCUT2D eigenvalue weighted by Crippen LogP contribution is -2.21. The summed E-state index contributed by atoms with van der Waals surface area (Å²) in [5.41, 5.74) is 1.21. The Balaban J connectivity index is 2.61. The van der Waals surface area contributed by atoms with Crippen LogP contribution in [0.15, 0.2) is 24.3 Å². The van der Waals surface area contributed by atoms with Crippen LogP contribution in [0, 0.1) is 0 Å². The molecule has 0 unspecified atom stereocenters. The summed E-state index contributed by atoms with van der Waals surface area (Å²) in [5, 5.41) is 1.24. The highest BCUT2D eigenvalue weighted by Crippen LogP contribution is 2.32. The molecule has 3 heteroatoms. The fraction of sp³-hybridized carbons (Fsp3) is 0.357. The zero-order valence-electron chi connectivity index (χ0n) is 10.5. The molecule has 0 atom stereocenters. The first-order chi connectivity index (χ1) is 8.15. The largest absolute Gasteiger partial charge is 0.344 e. The first-order valence-electron chi connectivity index (χ1n) is 5.87. The summed E-state index contributed by atoms with van der Waals surface area (Å²) in [6, 6.07) is 8.27. The molecule has 0 N–H and O–H groups in total. The number of carbonyl (C=O) groups is 1. The third kappa shape index (κ3) is 2.20. The van der Waals surface area contributed by atoms with E-state index in [9.17, 15) is 4.79 Å². The van der Waals surface area contributed by atoms with E-state index in [1.165, 1.54) is 15.6 Å². The van der Waals surface area contributed by atoms with Gasteiger partial charge in [-0.05, 0) is 23.4 Å². The highest BCUT2D eigenvalue weighted by atomic mass is 32.1. The molecule has 90 valence electrons. The number of nitrogens with zero attached hydrogens (tertiary/aromatic N) is 1. The lowest BCUT2D eigenvalue weighted by atomic mass is 10.1. The summed E-state index contributed by atoms with van der Waals surface area (Å²) in [7, 11) is 3.62. The second-order valence-electron chi connectivity index (χ2n) is 4.36. The first kappa shape index (κ1) is 12.1. The van der Waals surface area contributed by atoms with Gasteiger partial charge in [0.05, 0.1) is 4.88 Å². The summed E-state index contributed by atoms with van der Waals surface area (Å²) >= 11 is 1.61. The highest BCUT2D eigenvalue weighted by Gasteiger charge is 2.18. The fourth-order valence-electron chi connectivity index (χ4n) is 1.97. The normalized spacial score (nSPS) is 10.8. The van der Waals surface area contributed by atoms with E-state index in [0.717, 1.165) is 17.7 Å². The summed E-state index contributed by atoms with van der Waals surface area (Å²) < 4.78 is 1.21. The van der Waals surface area contributed by atoms with Crippen molar-refractivity contribution in [2.24, 2.45) is 0 Å². The highest BCUT2D eigenvalue weighted by molar-refractivity contribution is 7.21. The molecule has 0 bridgehead atoms. The number of thiophene rings is 1. The van der Waals surface area contributed by atoms with E-state index >= 15 is 0 Å². The van der Waals surface area contributed by atoms with Crippen LogP contribution in [-0.4, -0.2) is 24.9 Å². The van der Waals surface area contributed by atoms with Gasteiger partial charge in [-0.1, -0.05) is 31.5 Å². The molecular weight excluding hydrogens is 230 g/mol. The van der Waals surface area contributed by atoms with Gasteiger partial charge in [0.25, 0.3) is 5.91 Å². The Morgan fingerprint density at radius 3 is 2.65 bits per heavy atom. The van der Waals surface area contributed by atoms with Gasteiger partial charge in [0.2, 0.25) is 0 Å². The average molecular weight is 247 g/mol. The molecule has 0 saturated heterocycles. The van der Waals surface area contributed by atoms with Gasteiger partial charge in [-0.25, -0.2) is 0 Å². The van der Waals surface area contributed by atoms with E-state index in [1.807, 2.05) is 26.2 Å². The van der Waals surface area contributed by atoms with E-state index in [-0.39, 0.29) is 5.91 Å². The van der Waals surface area contributed by atoms with E-state index in [0.29, 0.717) is 0 Å². The van der Waals surface area contributed by atoms with Crippen molar-refractivity contribution in [3.8, 4) is 0 Å². The maximum Gasteiger partial charge on any atom is 0.263 e. The van der Waals surface area contributed by atoms with Crippen molar-refractivity contribution in [3.63, 3.8) is 0 Å². The molecule has 0 fully saturated rings. The summed E-state index contributed by atoms with van der Waals surface area (Å²) in [5.74, 6) is 0.120. The predicted molar refractivity (Wildman–Crippen MR) is 73.8 cm³/mol. The van der Waals surface area contributed by atoms with Crippen molar-refractivity contribution >= 4 is 27.3 Å². The zero-order chi connectivity index (χ0) is 12.4. The smallest absolute Gasteiger partial charge is 0.263 e. The molecule has 2 aromatic rings. The van der Waals surface area contributed by atoms with E-state index in [2.05, 4.69) is 19.1 Å². The predicted octanol–water partition coefficient (Wildman–Crippen LogP) is 3.56. The van der Waals surface area contributed by atoms with Crippen molar-refractivity contribution in [3.05, 3.63) is 34.7 Å². The minimum atomic E-state index is 0.120. The molecule has 0 saturated carbocycles. The van der Waals surface area contributed by atoms with E-state index in [1.54, 1.807) is 16.2 Å². The zero-order valence-corrected chi connectivity index (χ0v) is 11.3. The molecule has 0 aliphatic rings. The second kappa shape index (κ2) is 4.88. The summed E-state index contributed by atoms with van der Waals surface area (Å²) in [6.45, 7) is 2.15. The Morgan fingerprint density at radius 1 is 1.29 bits per heavy atom. The molecule has 17 heavy (non-hydrogen) atoms. The standard InChI is InChI=1S/C14H17NOS/c1-4-7-11-10-8-5-6-9-12(10)17-13(11)14(16)15(2)3/h5-6,8-9H,4,7H2,1-3H3. The maximum atomic E-state index is 12.1. The third-order valence-corrected chi connectivity index (χ3v) is 4.00. The number of fused-ring (bicyclic) bond motifs is 1. The van der Waals surface area contributed by atoms with Gasteiger partial charge in [0, 0.05) is 18.8 Å². The van der Waals surface area contributed by atoms with Gasteiger partial charge in [0.15, 0.2) is 0 Å². The molecule has 0 radical (unpaired) electrons. The van der Waals surface area contributed by atoms with Gasteiger partial charge in [-0.15, -0.1) is 11.3 Å². The molecule has 1 aromatic heterocycles. The van der Waals surface area contributed by atoms with Crippen LogP contribution in [0.4, 0.5) is 0 Å². The Morgan fingerprint density at radius 2 is 2.00 bits per heavy atom. The minimum Gasteiger partial charge on any atom is -0.344 e. The molecule has 0 aliphatic carbocycles. The van der Waals surface area contributed by atoms with Crippen molar-refractivity contribution in [1.82, 2.24) is 4.90 Å². The number of hydrogen-bond donors (Lipinski definition) is 0. The van der Waals surface area contributed by atoms with Gasteiger partial charge >= 0.3 is 0 Å². The molecule has 1 aromatic carbocycles. The average Bonchev–Trinajstić information content (AvgIpc) is 2.68. The van der Waals surface area contributed by atoms with Crippen molar-refractivity contribution in [1.29, 1.82) is 0 Å². The third-order valence-electron chi connectivity index (χ3n) is 2.80. The monoisotopic (exact) mass is 247 g/mol. The lowest BCUT2D eigenvalue weighted by molar-refractivity contribution is 0.0831. The van der Waals surface area contributed by atoms with Crippen LogP contribution < -0.4 is 0 Å². The van der Waals surface area contributed by atoms with E-state index in [4.69, 9.17) is 0 Å². The van der Waals surface area contributed by atoms with Gasteiger partial charge in [0.1, 0.15) is 0 Å². The van der Waals surface area contributed by atoms with Crippen molar-refractivity contribution in [2.45, 2.75) is 19.8 Å². The number of benzene rings is 1. The topological polar surface area (TPSA) is 20.3 Å². The second-order valence-corrected chi connectivity index (χ2v) is 5.41. The van der Waals surface area contributed by atoms with Crippen molar-refractivity contribution < 1.29 is 4.79 Å². The summed E-state index contributed by atoms with van der Waals surface area (Å²) in [6.07, 6.45) is 2.04. The van der Waals surface area contributed by atoms with Crippen molar-refractivity contribution in [2.75, 3.05) is 14.1 Å². The van der Waals surface area contributed by atoms with E-state index < -0.39 is 0 Å². The molecule has 0 spiro atoms. The minimum absolute atomic E-state index is 0.120. The molecule has 2 nitrogen and oxygen atoms in total. The summed E-state index contributed by atoms with van der Waals surface area (Å²) in [4.78, 5) is 14.7. The number of amides is 1. The first-order valence-corrected chi connectivity index (χ1v) is 6.68. The van der Waals surface area contributed by atoms with Gasteiger partial charge in [-0.3, -0.25) is 4.79 Å². The van der Waals surface area contributed by atoms with Crippen LogP contribution in [-0.2, 0) is 6.42 Å². The molecular formula is C14H17NOS. The Bertz CT molecular complexity index is 542. The Labute approximate surface area is 106 Å². The lowest BCUT2D eigenvalue weighted by Gasteiger charge is -2.10. The number of carbonyl (C=O) groups excluding carboxylic acids is 1. The molecule has 1 heterocycles. The number of aryl methyl sites for hydroxylation is 1. The number of hydrogen-bond acceptors (Lipinski definition) is 2. The number of rotatable bonds is 3. The van der Waals surface area contributed by atoms with Crippen LogP contribution in [0.5, 0.6) is 0 Å². The van der Waals surface area contributed by atoms with Crippen LogP contribution >= 0.6 is 11.3 Å². The van der Waals surface area contributed by atoms with Crippen LogP contribution in [0.3, 0.4) is 0 Å². The maximum absolute atomic E-state index is 12.1. The molecule has 2 rings (SSSR count). The van der Waals surface area contributed by atoms with Gasteiger partial charge < -0.3 is 4.90 Å². The Kier molecular flexibility index (Phi) is 3.48.